The van der Waals surface area contributed by atoms with Crippen LogP contribution in [-0.4, -0.2) is 74.9 Å². The van der Waals surface area contributed by atoms with Crippen LogP contribution in [0.4, 0.5) is 4.79 Å². The molecule has 0 spiro atoms. The van der Waals surface area contributed by atoms with E-state index in [0.29, 0.717) is 0 Å². The van der Waals surface area contributed by atoms with E-state index < -0.39 is 13.9 Å². The van der Waals surface area contributed by atoms with Crippen molar-refractivity contribution >= 4 is 73.0 Å². The molecule has 0 unspecified atom stereocenters. The second kappa shape index (κ2) is 8.00. The number of nitrogens with one attached hydrogen (secondary N) is 1. The number of rotatable bonds is 2. The number of carbonyl (C=O) groups is 1. The van der Waals surface area contributed by atoms with E-state index in [2.05, 4.69) is 10.4 Å². The third-order valence-electron chi connectivity index (χ3n) is 0.265. The van der Waals surface area contributed by atoms with Gasteiger partial charge in [-0.15, -0.1) is 0 Å². The molecule has 0 aromatic carbocycles. The van der Waals surface area contributed by atoms with Gasteiger partial charge in [0.25, 0.3) is 0 Å². The maximum absolute atomic E-state index is 9.74. The molecular weight excluding hydrogens is 197 g/mol. The van der Waals surface area contributed by atoms with Gasteiger partial charge in [-0.2, -0.15) is 4.62 Å². The SMILES string of the molecule is NC(=O)NOP(=O)(O)O.[NaH].[NaH]. The summed E-state index contributed by atoms with van der Waals surface area (Å²) < 4.78 is 13.2. The van der Waals surface area contributed by atoms with Crippen molar-refractivity contribution in [3.8, 4) is 0 Å². The minimum atomic E-state index is -4.63. The molecule has 0 fully saturated rings. The summed E-state index contributed by atoms with van der Waals surface area (Å²) in [5.74, 6) is 0. The second-order valence-electron chi connectivity index (χ2n) is 1.05. The molecule has 0 aliphatic carbocycles. The summed E-state index contributed by atoms with van der Waals surface area (Å²) in [5.41, 5.74) is 5.64. The van der Waals surface area contributed by atoms with Gasteiger partial charge in [-0.25, -0.2) is 14.8 Å². The average molecular weight is 204 g/mol. The Morgan fingerprint density at radius 3 is 1.91 bits per heavy atom. The second-order valence-corrected chi connectivity index (χ2v) is 2.21. The van der Waals surface area contributed by atoms with Crippen LogP contribution in [0, 0.1) is 0 Å². The van der Waals surface area contributed by atoms with Crippen molar-refractivity contribution in [1.29, 1.82) is 0 Å². The van der Waals surface area contributed by atoms with Crippen molar-refractivity contribution in [2.24, 2.45) is 5.73 Å². The van der Waals surface area contributed by atoms with E-state index in [4.69, 9.17) is 9.79 Å². The fourth-order valence-electron chi connectivity index (χ4n) is 0.104. The van der Waals surface area contributed by atoms with Gasteiger partial charge in [0.2, 0.25) is 0 Å². The summed E-state index contributed by atoms with van der Waals surface area (Å²) in [6, 6.07) is -1.17. The minimum absolute atomic E-state index is 0. The molecule has 0 aromatic heterocycles. The molecule has 7 nitrogen and oxygen atoms in total. The van der Waals surface area contributed by atoms with E-state index in [0.717, 1.165) is 0 Å². The molecule has 0 aliphatic rings. The van der Waals surface area contributed by atoms with Crippen LogP contribution in [0.15, 0.2) is 0 Å². The zero-order chi connectivity index (χ0) is 7.49. The van der Waals surface area contributed by atoms with Crippen molar-refractivity contribution in [3.63, 3.8) is 0 Å². The predicted octanol–water partition coefficient (Wildman–Crippen LogP) is -2.62. The van der Waals surface area contributed by atoms with Gasteiger partial charge in [-0.3, -0.25) is 0 Å². The number of hydrogen-bond acceptors (Lipinski definition) is 3. The molecular formula is CH7N2Na2O5P. The Hall–Kier alpha value is 1.38. The zero-order valence-corrected chi connectivity index (χ0v) is 5.04. The molecule has 10 heteroatoms. The Labute approximate surface area is 107 Å². The monoisotopic (exact) mass is 204 g/mol. The molecule has 0 saturated heterocycles. The topological polar surface area (TPSA) is 122 Å². The van der Waals surface area contributed by atoms with Gasteiger partial charge in [0.1, 0.15) is 0 Å². The Bertz CT molecular complexity index is 157. The number of carbonyl (C=O) groups excluding carboxylic acids is 1. The van der Waals surface area contributed by atoms with Crippen molar-refractivity contribution < 1.29 is 23.8 Å². The fourth-order valence-corrected chi connectivity index (χ4v) is 0.313. The summed E-state index contributed by atoms with van der Waals surface area (Å²) in [6.45, 7) is 0. The van der Waals surface area contributed by atoms with Crippen LogP contribution in [-0.2, 0) is 9.19 Å². The van der Waals surface area contributed by atoms with E-state index in [9.17, 15) is 9.36 Å². The molecule has 0 heterocycles. The number of hydroxylamine groups is 1. The molecule has 0 rings (SSSR count). The molecule has 0 saturated carbocycles. The molecule has 0 atom stereocenters. The van der Waals surface area contributed by atoms with Gasteiger partial charge in [-0.05, 0) is 0 Å². The normalized spacial score (nSPS) is 8.91. The third kappa shape index (κ3) is 18.4. The summed E-state index contributed by atoms with van der Waals surface area (Å²) >= 11 is 0. The summed E-state index contributed by atoms with van der Waals surface area (Å²) in [5, 5.41) is 0. The Kier molecular flexibility index (Phi) is 13.3. The number of phosphoric acid groups is 1. The maximum atomic E-state index is 9.74. The van der Waals surface area contributed by atoms with Crippen LogP contribution in [0.25, 0.3) is 0 Å². The van der Waals surface area contributed by atoms with E-state index in [1.54, 1.807) is 0 Å². The van der Waals surface area contributed by atoms with E-state index in [1.165, 1.54) is 5.48 Å². The van der Waals surface area contributed by atoms with Crippen LogP contribution in [0.2, 0.25) is 0 Å². The molecule has 11 heavy (non-hydrogen) atoms. The van der Waals surface area contributed by atoms with Crippen molar-refractivity contribution in [1.82, 2.24) is 5.48 Å². The number of hydrogen-bond donors (Lipinski definition) is 4. The standard InChI is InChI=1S/CH5N2O5P.2Na.2H/c2-1(4)3-8-9(5,6)7;;;;/h(H3,2,3,4)(H2,5,6,7);;;;. The van der Waals surface area contributed by atoms with Gasteiger partial charge >= 0.3 is 73.0 Å². The molecule has 5 N–H and O–H groups in total. The van der Waals surface area contributed by atoms with Gasteiger partial charge in [0, 0.05) is 0 Å². The van der Waals surface area contributed by atoms with Crippen molar-refractivity contribution in [2.45, 2.75) is 0 Å². The number of urea groups is 1. The van der Waals surface area contributed by atoms with Gasteiger partial charge in [0.15, 0.2) is 0 Å². The van der Waals surface area contributed by atoms with Gasteiger partial charge in [0.05, 0.1) is 0 Å². The van der Waals surface area contributed by atoms with Crippen LogP contribution >= 0.6 is 7.82 Å². The molecule has 2 amide bonds. The van der Waals surface area contributed by atoms with Crippen LogP contribution < -0.4 is 11.2 Å². The summed E-state index contributed by atoms with van der Waals surface area (Å²) in [6.07, 6.45) is 0. The average Bonchev–Trinajstić information content (AvgIpc) is 1.59. The van der Waals surface area contributed by atoms with E-state index in [-0.39, 0.29) is 59.1 Å². The molecule has 58 valence electrons. The van der Waals surface area contributed by atoms with Gasteiger partial charge < -0.3 is 15.5 Å². The number of nitrogens with two attached hydrogens (primary N) is 1. The predicted molar refractivity (Wildman–Crippen MR) is 40.1 cm³/mol. The summed E-state index contributed by atoms with van der Waals surface area (Å²) in [7, 11) is -4.63. The molecule has 0 aliphatic heterocycles. The van der Waals surface area contributed by atoms with Gasteiger partial charge in [-0.1, -0.05) is 0 Å². The molecule has 0 aromatic rings. The quantitative estimate of drug-likeness (QED) is 0.223. The molecule has 0 radical (unpaired) electrons. The Morgan fingerprint density at radius 1 is 1.45 bits per heavy atom. The Balaban J connectivity index is -0.000000320. The van der Waals surface area contributed by atoms with Crippen LogP contribution in [0.5, 0.6) is 0 Å². The van der Waals surface area contributed by atoms with Crippen molar-refractivity contribution in [3.05, 3.63) is 0 Å². The first-order valence-electron chi connectivity index (χ1n) is 1.71. The van der Waals surface area contributed by atoms with Crippen LogP contribution in [0.1, 0.15) is 0 Å². The molecule has 0 bridgehead atoms. The fraction of sp³-hybridized carbons (Fsp3) is 0. The van der Waals surface area contributed by atoms with E-state index >= 15 is 0 Å². The van der Waals surface area contributed by atoms with E-state index in [1.807, 2.05) is 0 Å². The first-order chi connectivity index (χ1) is 3.92. The number of primary amides is 1. The first-order valence-corrected chi connectivity index (χ1v) is 3.24. The third-order valence-corrected chi connectivity index (χ3v) is 0.594. The summed E-state index contributed by atoms with van der Waals surface area (Å²) in [4.78, 5) is 25.5. The first kappa shape index (κ1) is 18.2. The van der Waals surface area contributed by atoms with Crippen molar-refractivity contribution in [2.75, 3.05) is 0 Å². The Morgan fingerprint density at radius 2 is 1.82 bits per heavy atom. The van der Waals surface area contributed by atoms with Crippen LogP contribution in [0.3, 0.4) is 0 Å². The zero-order valence-electron chi connectivity index (χ0n) is 4.14. The number of amides is 2.